The van der Waals surface area contributed by atoms with Crippen LogP contribution in [0.2, 0.25) is 0 Å². The Labute approximate surface area is 192 Å². The zero-order valence-electron chi connectivity index (χ0n) is 17.5. The van der Waals surface area contributed by atoms with E-state index in [-0.39, 0.29) is 17.6 Å². The number of sulfonamides is 1. The summed E-state index contributed by atoms with van der Waals surface area (Å²) in [4.78, 5) is 15.1. The third-order valence-electron chi connectivity index (χ3n) is 6.06. The molecule has 2 aliphatic heterocycles. The highest BCUT2D eigenvalue weighted by molar-refractivity contribution is 9.10. The second-order valence-electron chi connectivity index (χ2n) is 8.29. The molecule has 2 fully saturated rings. The van der Waals surface area contributed by atoms with Crippen LogP contribution in [0.4, 0.5) is 11.4 Å². The molecule has 1 N–H and O–H groups in total. The Hall–Kier alpha value is -1.90. The average molecular weight is 506 g/mol. The summed E-state index contributed by atoms with van der Waals surface area (Å²) in [6, 6.07) is 15.4. The number of amides is 1. The van der Waals surface area contributed by atoms with Gasteiger partial charge in [0.25, 0.3) is 0 Å². The monoisotopic (exact) mass is 505 g/mol. The minimum atomic E-state index is -3.40. The maximum absolute atomic E-state index is 12.8. The van der Waals surface area contributed by atoms with Crippen molar-refractivity contribution in [2.24, 2.45) is 5.92 Å². The van der Waals surface area contributed by atoms with Crippen LogP contribution in [-0.2, 0) is 20.6 Å². The summed E-state index contributed by atoms with van der Waals surface area (Å²) in [5.41, 5.74) is 2.74. The van der Waals surface area contributed by atoms with Crippen LogP contribution in [-0.4, -0.2) is 44.8 Å². The van der Waals surface area contributed by atoms with Crippen LogP contribution >= 0.6 is 15.9 Å². The van der Waals surface area contributed by atoms with Gasteiger partial charge in [0.1, 0.15) is 0 Å². The zero-order valence-corrected chi connectivity index (χ0v) is 19.9. The second kappa shape index (κ2) is 9.71. The average Bonchev–Trinajstić information content (AvgIpc) is 3.29. The van der Waals surface area contributed by atoms with Crippen LogP contribution < -0.4 is 10.2 Å². The third kappa shape index (κ3) is 5.67. The van der Waals surface area contributed by atoms with Crippen LogP contribution in [0, 0.1) is 5.92 Å². The lowest BCUT2D eigenvalue weighted by molar-refractivity contribution is -0.120. The second-order valence-corrected chi connectivity index (χ2v) is 11.2. The molecule has 0 saturated carbocycles. The van der Waals surface area contributed by atoms with Crippen LogP contribution in [0.25, 0.3) is 0 Å². The Bertz CT molecular complexity index is 1010. The van der Waals surface area contributed by atoms with Gasteiger partial charge in [0.2, 0.25) is 15.9 Å². The molecule has 0 aliphatic carbocycles. The van der Waals surface area contributed by atoms with Gasteiger partial charge in [0.15, 0.2) is 0 Å². The Kier molecular flexibility index (Phi) is 6.99. The van der Waals surface area contributed by atoms with Crippen LogP contribution in [0.15, 0.2) is 53.0 Å². The predicted molar refractivity (Wildman–Crippen MR) is 128 cm³/mol. The first kappa shape index (κ1) is 22.3. The van der Waals surface area contributed by atoms with Gasteiger partial charge >= 0.3 is 0 Å². The molecule has 0 bridgehead atoms. The molecule has 2 aromatic rings. The van der Waals surface area contributed by atoms with Crippen LogP contribution in [0.1, 0.15) is 31.2 Å². The maximum Gasteiger partial charge on any atom is 0.227 e. The molecule has 31 heavy (non-hydrogen) atoms. The molecule has 0 atom stereocenters. The molecule has 0 aromatic heterocycles. The molecule has 0 spiro atoms. The summed E-state index contributed by atoms with van der Waals surface area (Å²) in [6.45, 7) is 2.94. The predicted octanol–water partition coefficient (Wildman–Crippen LogP) is 4.23. The zero-order chi connectivity index (χ0) is 21.8. The molecule has 6 nitrogen and oxygen atoms in total. The van der Waals surface area contributed by atoms with Crippen molar-refractivity contribution >= 4 is 43.2 Å². The van der Waals surface area contributed by atoms with Crippen molar-refractivity contribution in [3.05, 3.63) is 58.6 Å². The standard InChI is InChI=1S/C23H28BrN3O3S/c24-20-5-3-4-18(16-20)17-31(29,30)27-14-10-19(11-15-27)23(28)25-21-6-8-22(9-7-21)26-12-1-2-13-26/h3-9,16,19H,1-2,10-15,17H2,(H,25,28). The molecule has 2 aliphatic rings. The van der Waals surface area contributed by atoms with E-state index in [1.54, 1.807) is 0 Å². The molecule has 0 radical (unpaired) electrons. The molecule has 166 valence electrons. The normalized spacial score (nSPS) is 18.3. The number of hydrogen-bond acceptors (Lipinski definition) is 4. The van der Waals surface area contributed by atoms with E-state index in [4.69, 9.17) is 0 Å². The summed E-state index contributed by atoms with van der Waals surface area (Å²) in [5.74, 6) is -0.222. The topological polar surface area (TPSA) is 69.7 Å². The first-order valence-corrected chi connectivity index (χ1v) is 13.2. The Morgan fingerprint density at radius 2 is 1.68 bits per heavy atom. The Morgan fingerprint density at radius 1 is 1.00 bits per heavy atom. The van der Waals surface area contributed by atoms with E-state index >= 15 is 0 Å². The number of benzene rings is 2. The number of piperidine rings is 1. The van der Waals surface area contributed by atoms with Crippen LogP contribution in [0.3, 0.4) is 0 Å². The SMILES string of the molecule is O=C(Nc1ccc(N2CCCC2)cc1)C1CCN(S(=O)(=O)Cc2cccc(Br)c2)CC1. The van der Waals surface area contributed by atoms with Crippen molar-refractivity contribution in [1.82, 2.24) is 4.31 Å². The molecule has 4 rings (SSSR count). The Balaban J connectivity index is 1.29. The minimum absolute atomic E-state index is 0.0212. The fraction of sp³-hybridized carbons (Fsp3) is 0.435. The number of hydrogen-bond donors (Lipinski definition) is 1. The van der Waals surface area contributed by atoms with Gasteiger partial charge in [-0.2, -0.15) is 0 Å². The van der Waals surface area contributed by atoms with E-state index in [1.165, 1.54) is 22.8 Å². The highest BCUT2D eigenvalue weighted by Crippen LogP contribution is 2.25. The first-order valence-electron chi connectivity index (χ1n) is 10.8. The number of halogens is 1. The lowest BCUT2D eigenvalue weighted by Crippen LogP contribution is -2.41. The molecular weight excluding hydrogens is 478 g/mol. The molecule has 0 unspecified atom stereocenters. The number of carbonyl (C=O) groups excluding carboxylic acids is 1. The number of nitrogens with zero attached hydrogens (tertiary/aromatic N) is 2. The van der Waals surface area contributed by atoms with E-state index in [9.17, 15) is 13.2 Å². The third-order valence-corrected chi connectivity index (χ3v) is 8.41. The summed E-state index contributed by atoms with van der Waals surface area (Å²) in [5, 5.41) is 3.00. The highest BCUT2D eigenvalue weighted by atomic mass is 79.9. The van der Waals surface area contributed by atoms with E-state index in [2.05, 4.69) is 38.3 Å². The fourth-order valence-electron chi connectivity index (χ4n) is 4.30. The molecule has 8 heteroatoms. The summed E-state index contributed by atoms with van der Waals surface area (Å²) < 4.78 is 27.9. The van der Waals surface area contributed by atoms with Gasteiger partial charge in [0.05, 0.1) is 5.75 Å². The number of nitrogens with one attached hydrogen (secondary N) is 1. The molecule has 1 amide bonds. The van der Waals surface area contributed by atoms with Crippen molar-refractivity contribution in [3.8, 4) is 0 Å². The van der Waals surface area contributed by atoms with Crippen molar-refractivity contribution in [2.75, 3.05) is 36.4 Å². The van der Waals surface area contributed by atoms with Gasteiger partial charge in [-0.3, -0.25) is 4.79 Å². The van der Waals surface area contributed by atoms with E-state index in [0.29, 0.717) is 25.9 Å². The van der Waals surface area contributed by atoms with Gasteiger partial charge in [-0.25, -0.2) is 12.7 Å². The number of anilines is 2. The molecule has 2 saturated heterocycles. The number of carbonyl (C=O) groups is 1. The number of rotatable bonds is 6. The summed E-state index contributed by atoms with van der Waals surface area (Å²) in [7, 11) is -3.40. The van der Waals surface area contributed by atoms with E-state index < -0.39 is 10.0 Å². The van der Waals surface area contributed by atoms with Crippen LogP contribution in [0.5, 0.6) is 0 Å². The van der Waals surface area contributed by atoms with Gasteiger partial charge < -0.3 is 10.2 Å². The lowest BCUT2D eigenvalue weighted by Gasteiger charge is -2.30. The molecule has 2 heterocycles. The highest BCUT2D eigenvalue weighted by Gasteiger charge is 2.31. The van der Waals surface area contributed by atoms with E-state index in [1.807, 2.05) is 36.4 Å². The van der Waals surface area contributed by atoms with Gasteiger partial charge in [0, 0.05) is 47.9 Å². The summed E-state index contributed by atoms with van der Waals surface area (Å²) >= 11 is 3.38. The van der Waals surface area contributed by atoms with Gasteiger partial charge in [-0.05, 0) is 67.6 Å². The molecule has 2 aromatic carbocycles. The van der Waals surface area contributed by atoms with Gasteiger partial charge in [-0.15, -0.1) is 0 Å². The van der Waals surface area contributed by atoms with Crippen molar-refractivity contribution < 1.29 is 13.2 Å². The van der Waals surface area contributed by atoms with Crippen molar-refractivity contribution in [3.63, 3.8) is 0 Å². The van der Waals surface area contributed by atoms with Crippen molar-refractivity contribution in [1.29, 1.82) is 0 Å². The lowest BCUT2D eigenvalue weighted by atomic mass is 9.97. The largest absolute Gasteiger partial charge is 0.372 e. The molecular formula is C23H28BrN3O3S. The summed E-state index contributed by atoms with van der Waals surface area (Å²) in [6.07, 6.45) is 3.54. The maximum atomic E-state index is 12.8. The first-order chi connectivity index (χ1) is 14.9. The quantitative estimate of drug-likeness (QED) is 0.637. The smallest absolute Gasteiger partial charge is 0.227 e. The Morgan fingerprint density at radius 3 is 2.32 bits per heavy atom. The van der Waals surface area contributed by atoms with Crippen molar-refractivity contribution in [2.45, 2.75) is 31.4 Å². The van der Waals surface area contributed by atoms with Gasteiger partial charge in [-0.1, -0.05) is 28.1 Å². The minimum Gasteiger partial charge on any atom is -0.372 e. The fourth-order valence-corrected chi connectivity index (χ4v) is 6.30. The van der Waals surface area contributed by atoms with E-state index in [0.717, 1.165) is 28.8 Å².